The van der Waals surface area contributed by atoms with Crippen molar-refractivity contribution in [3.8, 4) is 17.6 Å². The summed E-state index contributed by atoms with van der Waals surface area (Å²) in [5.41, 5.74) is 0. The van der Waals surface area contributed by atoms with Crippen molar-refractivity contribution in [3.05, 3.63) is 28.7 Å². The van der Waals surface area contributed by atoms with Crippen molar-refractivity contribution in [3.63, 3.8) is 0 Å². The Morgan fingerprint density at radius 1 is 1.53 bits per heavy atom. The molecule has 1 atom stereocenters. The molecule has 0 aliphatic rings. The molecule has 17 heavy (non-hydrogen) atoms. The third kappa shape index (κ3) is 6.32. The van der Waals surface area contributed by atoms with Gasteiger partial charge in [-0.3, -0.25) is 0 Å². The molecule has 0 saturated heterocycles. The van der Waals surface area contributed by atoms with E-state index in [4.69, 9.17) is 4.74 Å². The van der Waals surface area contributed by atoms with Crippen molar-refractivity contribution in [2.24, 2.45) is 0 Å². The molecule has 0 bridgehead atoms. The fourth-order valence-corrected chi connectivity index (χ4v) is 1.58. The molecule has 1 unspecified atom stereocenters. The van der Waals surface area contributed by atoms with Crippen molar-refractivity contribution >= 4 is 15.9 Å². The summed E-state index contributed by atoms with van der Waals surface area (Å²) >= 11 is 3.36. The molecule has 0 aliphatic heterocycles. The summed E-state index contributed by atoms with van der Waals surface area (Å²) in [5.74, 6) is 6.38. The van der Waals surface area contributed by atoms with Gasteiger partial charge in [-0.2, -0.15) is 0 Å². The molecule has 0 aromatic heterocycles. The summed E-state index contributed by atoms with van der Waals surface area (Å²) in [7, 11) is 0. The first-order valence-corrected chi connectivity index (χ1v) is 6.18. The van der Waals surface area contributed by atoms with Crippen LogP contribution in [0.25, 0.3) is 0 Å². The quantitative estimate of drug-likeness (QED) is 0.621. The zero-order valence-corrected chi connectivity index (χ0v) is 11.3. The van der Waals surface area contributed by atoms with Gasteiger partial charge in [-0.1, -0.05) is 27.9 Å². The van der Waals surface area contributed by atoms with Gasteiger partial charge in [-0.05, 0) is 25.1 Å². The van der Waals surface area contributed by atoms with E-state index >= 15 is 0 Å². The summed E-state index contributed by atoms with van der Waals surface area (Å²) in [6.45, 7) is 3.12. The maximum atomic E-state index is 9.63. The third-order valence-corrected chi connectivity index (χ3v) is 2.50. The molecule has 92 valence electrons. The number of benzene rings is 1. The van der Waals surface area contributed by atoms with Crippen LogP contribution in [0.3, 0.4) is 0 Å². The summed E-state index contributed by atoms with van der Waals surface area (Å²) < 4.78 is 6.41. The van der Waals surface area contributed by atoms with Crippen molar-refractivity contribution in [1.82, 2.24) is 5.32 Å². The van der Waals surface area contributed by atoms with Gasteiger partial charge in [0.25, 0.3) is 0 Å². The van der Waals surface area contributed by atoms with Crippen LogP contribution in [0, 0.1) is 11.8 Å². The van der Waals surface area contributed by atoms with Gasteiger partial charge in [0.1, 0.15) is 18.5 Å². The van der Waals surface area contributed by atoms with Crippen molar-refractivity contribution in [2.45, 2.75) is 13.0 Å². The Kier molecular flexibility index (Phi) is 6.71. The molecule has 4 heteroatoms. The minimum absolute atomic E-state index is 0.267. The smallest absolute Gasteiger partial charge is 0.120 e. The molecule has 0 heterocycles. The molecular formula is C13H16BrNO2. The molecule has 0 aliphatic carbocycles. The molecule has 1 rings (SSSR count). The standard InChI is InChI=1S/C13H16BrNO2/c1-2-3-7-15-9-12(16)10-17-13-6-4-5-11(14)8-13/h4-6,8,12,15-16H,7,9-10H2,1H3. The van der Waals surface area contributed by atoms with Crippen LogP contribution >= 0.6 is 15.9 Å². The van der Waals surface area contributed by atoms with Gasteiger partial charge in [-0.25, -0.2) is 0 Å². The predicted octanol–water partition coefficient (Wildman–Crippen LogP) is 1.80. The van der Waals surface area contributed by atoms with Gasteiger partial charge in [0, 0.05) is 11.0 Å². The minimum atomic E-state index is -0.535. The lowest BCUT2D eigenvalue weighted by Crippen LogP contribution is -2.31. The van der Waals surface area contributed by atoms with E-state index < -0.39 is 6.10 Å². The summed E-state index contributed by atoms with van der Waals surface area (Å²) in [4.78, 5) is 0. The highest BCUT2D eigenvalue weighted by atomic mass is 79.9. The van der Waals surface area contributed by atoms with Crippen molar-refractivity contribution in [1.29, 1.82) is 0 Å². The van der Waals surface area contributed by atoms with Crippen LogP contribution in [-0.2, 0) is 0 Å². The maximum absolute atomic E-state index is 9.63. The van der Waals surface area contributed by atoms with Crippen molar-refractivity contribution in [2.75, 3.05) is 19.7 Å². The number of aliphatic hydroxyl groups excluding tert-OH is 1. The first kappa shape index (κ1) is 14.0. The molecule has 1 aromatic carbocycles. The van der Waals surface area contributed by atoms with Crippen LogP contribution in [0.15, 0.2) is 28.7 Å². The fourth-order valence-electron chi connectivity index (χ4n) is 1.20. The number of ether oxygens (including phenoxy) is 1. The topological polar surface area (TPSA) is 41.5 Å². The number of aliphatic hydroxyl groups is 1. The fraction of sp³-hybridized carbons (Fsp3) is 0.385. The van der Waals surface area contributed by atoms with Crippen LogP contribution in [-0.4, -0.2) is 30.9 Å². The molecule has 3 nitrogen and oxygen atoms in total. The van der Waals surface area contributed by atoms with Crippen LogP contribution in [0.2, 0.25) is 0 Å². The maximum Gasteiger partial charge on any atom is 0.120 e. The Morgan fingerprint density at radius 2 is 2.35 bits per heavy atom. The van der Waals surface area contributed by atoms with Gasteiger partial charge < -0.3 is 15.2 Å². The van der Waals surface area contributed by atoms with Crippen LogP contribution in [0.1, 0.15) is 6.92 Å². The Bertz CT molecular complexity index is 398. The molecule has 0 amide bonds. The second kappa shape index (κ2) is 8.13. The summed E-state index contributed by atoms with van der Waals surface area (Å²) in [6.07, 6.45) is -0.535. The van der Waals surface area contributed by atoms with Gasteiger partial charge in [0.05, 0.1) is 6.54 Å². The zero-order valence-electron chi connectivity index (χ0n) is 9.74. The van der Waals surface area contributed by atoms with E-state index in [0.29, 0.717) is 13.1 Å². The zero-order chi connectivity index (χ0) is 12.5. The Morgan fingerprint density at radius 3 is 3.06 bits per heavy atom. The molecule has 0 fully saturated rings. The van der Waals surface area contributed by atoms with E-state index in [2.05, 4.69) is 33.1 Å². The lowest BCUT2D eigenvalue weighted by Gasteiger charge is -2.12. The summed E-state index contributed by atoms with van der Waals surface area (Å²) in [6, 6.07) is 7.53. The Labute approximate surface area is 110 Å². The molecule has 1 aromatic rings. The first-order chi connectivity index (χ1) is 8.22. The number of halogens is 1. The predicted molar refractivity (Wildman–Crippen MR) is 72.0 cm³/mol. The number of rotatable bonds is 6. The molecule has 0 spiro atoms. The Balaban J connectivity index is 2.22. The van der Waals surface area contributed by atoms with Gasteiger partial charge in [-0.15, -0.1) is 5.92 Å². The molecule has 0 radical (unpaired) electrons. The van der Waals surface area contributed by atoms with Gasteiger partial charge >= 0.3 is 0 Å². The number of hydrogen-bond donors (Lipinski definition) is 2. The van der Waals surface area contributed by atoms with Crippen LogP contribution < -0.4 is 10.1 Å². The minimum Gasteiger partial charge on any atom is -0.491 e. The van der Waals surface area contributed by atoms with E-state index in [0.717, 1.165) is 10.2 Å². The second-order valence-electron chi connectivity index (χ2n) is 3.48. The third-order valence-electron chi connectivity index (χ3n) is 2.01. The average Bonchev–Trinajstić information content (AvgIpc) is 2.32. The highest BCUT2D eigenvalue weighted by molar-refractivity contribution is 9.10. The molecule has 0 saturated carbocycles. The van der Waals surface area contributed by atoms with Gasteiger partial charge in [0.15, 0.2) is 0 Å². The lowest BCUT2D eigenvalue weighted by atomic mass is 10.3. The highest BCUT2D eigenvalue weighted by Gasteiger charge is 2.04. The monoisotopic (exact) mass is 297 g/mol. The Hall–Kier alpha value is -1.02. The van der Waals surface area contributed by atoms with Crippen LogP contribution in [0.4, 0.5) is 0 Å². The first-order valence-electron chi connectivity index (χ1n) is 5.39. The second-order valence-corrected chi connectivity index (χ2v) is 4.40. The van der Waals surface area contributed by atoms with E-state index in [9.17, 15) is 5.11 Å². The highest BCUT2D eigenvalue weighted by Crippen LogP contribution is 2.17. The largest absolute Gasteiger partial charge is 0.491 e. The van der Waals surface area contributed by atoms with E-state index in [-0.39, 0.29) is 6.61 Å². The number of nitrogens with one attached hydrogen (secondary N) is 1. The van der Waals surface area contributed by atoms with Crippen LogP contribution in [0.5, 0.6) is 5.75 Å². The van der Waals surface area contributed by atoms with E-state index in [1.807, 2.05) is 24.3 Å². The van der Waals surface area contributed by atoms with E-state index in [1.165, 1.54) is 0 Å². The van der Waals surface area contributed by atoms with Gasteiger partial charge in [0.2, 0.25) is 0 Å². The lowest BCUT2D eigenvalue weighted by molar-refractivity contribution is 0.107. The van der Waals surface area contributed by atoms with E-state index in [1.54, 1.807) is 6.92 Å². The summed E-state index contributed by atoms with van der Waals surface area (Å²) in [5, 5.41) is 12.7. The average molecular weight is 298 g/mol. The number of hydrogen-bond acceptors (Lipinski definition) is 3. The normalized spacial score (nSPS) is 11.5. The molecule has 2 N–H and O–H groups in total. The SMILES string of the molecule is CC#CCNCC(O)COc1cccc(Br)c1. The molecular weight excluding hydrogens is 282 g/mol. The van der Waals surface area contributed by atoms with Crippen molar-refractivity contribution < 1.29 is 9.84 Å².